The first kappa shape index (κ1) is 17.7. The van der Waals surface area contributed by atoms with Crippen molar-refractivity contribution in [3.05, 3.63) is 18.5 Å². The summed E-state index contributed by atoms with van der Waals surface area (Å²) in [7, 11) is 0. The second-order valence-electron chi connectivity index (χ2n) is 5.50. The molecule has 1 rings (SSSR count). The molecule has 0 aliphatic rings. The Morgan fingerprint density at radius 2 is 2.09 bits per heavy atom. The Kier molecular flexibility index (Phi) is 6.55. The van der Waals surface area contributed by atoms with E-state index in [2.05, 4.69) is 15.4 Å². The summed E-state index contributed by atoms with van der Waals surface area (Å²) in [5.74, 6) is 0. The van der Waals surface area contributed by atoms with E-state index in [-0.39, 0.29) is 6.02 Å². The summed E-state index contributed by atoms with van der Waals surface area (Å²) in [5, 5.41) is 6.45. The highest BCUT2D eigenvalue weighted by molar-refractivity contribution is 5.93. The number of nitrogens with one attached hydrogen (secondary N) is 1. The molecule has 0 spiro atoms. The molecule has 0 saturated carbocycles. The molecule has 122 valence electrons. The van der Waals surface area contributed by atoms with Gasteiger partial charge in [-0.3, -0.25) is 0 Å². The van der Waals surface area contributed by atoms with Crippen molar-refractivity contribution < 1.29 is 19.1 Å². The number of rotatable bonds is 3. The third-order valence-electron chi connectivity index (χ3n) is 2.26. The highest BCUT2D eigenvalue weighted by atomic mass is 16.6. The Bertz CT molecular complexity index is 517. The van der Waals surface area contributed by atoms with Crippen molar-refractivity contribution in [2.45, 2.75) is 46.1 Å². The zero-order valence-corrected chi connectivity index (χ0v) is 13.3. The SMILES string of the molecule is CCCCNC(=O)O/C(=N\C(=O)OC(C)(C)C)n1cccn1. The van der Waals surface area contributed by atoms with Crippen molar-refractivity contribution in [1.82, 2.24) is 15.1 Å². The number of hydrogen-bond acceptors (Lipinski definition) is 5. The van der Waals surface area contributed by atoms with E-state index in [1.807, 2.05) is 6.92 Å². The van der Waals surface area contributed by atoms with Gasteiger partial charge in [0.1, 0.15) is 5.60 Å². The molecule has 0 unspecified atom stereocenters. The lowest BCUT2D eigenvalue weighted by atomic mass is 10.2. The second kappa shape index (κ2) is 8.16. The van der Waals surface area contributed by atoms with Gasteiger partial charge in [0.2, 0.25) is 0 Å². The summed E-state index contributed by atoms with van der Waals surface area (Å²) in [5.41, 5.74) is -0.695. The lowest BCUT2D eigenvalue weighted by molar-refractivity contribution is 0.0600. The van der Waals surface area contributed by atoms with E-state index in [1.165, 1.54) is 17.1 Å². The number of carbonyl (C=O) groups is 2. The Hall–Kier alpha value is -2.38. The van der Waals surface area contributed by atoms with Crippen LogP contribution in [0.1, 0.15) is 40.5 Å². The molecule has 2 amide bonds. The number of nitrogens with zero attached hydrogens (tertiary/aromatic N) is 3. The Labute approximate surface area is 129 Å². The van der Waals surface area contributed by atoms with Crippen LogP contribution in [-0.2, 0) is 9.47 Å². The largest absolute Gasteiger partial charge is 0.442 e. The highest BCUT2D eigenvalue weighted by Gasteiger charge is 2.19. The first-order valence-corrected chi connectivity index (χ1v) is 7.09. The monoisotopic (exact) mass is 310 g/mol. The van der Waals surface area contributed by atoms with Crippen molar-refractivity contribution in [2.75, 3.05) is 6.54 Å². The first-order valence-electron chi connectivity index (χ1n) is 7.09. The summed E-state index contributed by atoms with van der Waals surface area (Å²) in [4.78, 5) is 27.1. The van der Waals surface area contributed by atoms with Crippen LogP contribution in [0.25, 0.3) is 0 Å². The summed E-state index contributed by atoms with van der Waals surface area (Å²) in [6.07, 6.45) is 3.18. The average molecular weight is 310 g/mol. The van der Waals surface area contributed by atoms with Crippen LogP contribution >= 0.6 is 0 Å². The molecule has 0 aliphatic heterocycles. The van der Waals surface area contributed by atoms with Crippen LogP contribution in [0, 0.1) is 0 Å². The van der Waals surface area contributed by atoms with Crippen LogP contribution in [0.4, 0.5) is 9.59 Å². The normalized spacial score (nSPS) is 11.9. The van der Waals surface area contributed by atoms with E-state index in [4.69, 9.17) is 9.47 Å². The van der Waals surface area contributed by atoms with Gasteiger partial charge in [0, 0.05) is 18.9 Å². The van der Waals surface area contributed by atoms with Gasteiger partial charge < -0.3 is 14.8 Å². The van der Waals surface area contributed by atoms with Gasteiger partial charge in [0.25, 0.3) is 0 Å². The predicted octanol–water partition coefficient (Wildman–Crippen LogP) is 2.55. The van der Waals surface area contributed by atoms with Gasteiger partial charge in [-0.05, 0) is 33.3 Å². The van der Waals surface area contributed by atoms with Gasteiger partial charge in [0.15, 0.2) is 0 Å². The van der Waals surface area contributed by atoms with Crippen LogP contribution in [0.2, 0.25) is 0 Å². The molecular formula is C14H22N4O4. The fraction of sp³-hybridized carbons (Fsp3) is 0.571. The molecule has 22 heavy (non-hydrogen) atoms. The summed E-state index contributed by atoms with van der Waals surface area (Å²) >= 11 is 0. The van der Waals surface area contributed by atoms with Crippen LogP contribution in [0.15, 0.2) is 23.5 Å². The maximum absolute atomic E-state index is 11.7. The van der Waals surface area contributed by atoms with Gasteiger partial charge in [0.05, 0.1) is 0 Å². The molecule has 0 fully saturated rings. The molecule has 8 nitrogen and oxygen atoms in total. The van der Waals surface area contributed by atoms with Crippen LogP contribution in [0.5, 0.6) is 0 Å². The molecule has 0 bridgehead atoms. The third-order valence-corrected chi connectivity index (χ3v) is 2.26. The minimum atomic E-state index is -0.862. The van der Waals surface area contributed by atoms with E-state index in [0.29, 0.717) is 6.54 Å². The molecule has 1 N–H and O–H groups in total. The van der Waals surface area contributed by atoms with E-state index in [0.717, 1.165) is 12.8 Å². The molecular weight excluding hydrogens is 288 g/mol. The Morgan fingerprint density at radius 1 is 1.36 bits per heavy atom. The van der Waals surface area contributed by atoms with Gasteiger partial charge in [-0.2, -0.15) is 9.78 Å². The standard InChI is InChI=1S/C14H22N4O4/c1-5-6-8-15-12(19)21-11(18-10-7-9-16-18)17-13(20)22-14(2,3)4/h7,9-10H,5-6,8H2,1-4H3,(H,15,19)/b17-11-. The van der Waals surface area contributed by atoms with Crippen LogP contribution in [0.3, 0.4) is 0 Å². The van der Waals surface area contributed by atoms with Gasteiger partial charge >= 0.3 is 18.2 Å². The maximum atomic E-state index is 11.7. The molecule has 0 atom stereocenters. The second-order valence-corrected chi connectivity index (χ2v) is 5.50. The molecule has 1 aromatic heterocycles. The summed E-state index contributed by atoms with van der Waals surface area (Å²) in [6.45, 7) is 7.63. The molecule has 0 aliphatic carbocycles. The highest BCUT2D eigenvalue weighted by Crippen LogP contribution is 2.08. The Morgan fingerprint density at radius 3 is 2.64 bits per heavy atom. The fourth-order valence-electron chi connectivity index (χ4n) is 1.35. The molecule has 0 saturated heterocycles. The van der Waals surface area contributed by atoms with Gasteiger partial charge in [-0.25, -0.2) is 9.59 Å². The molecule has 1 aromatic rings. The van der Waals surface area contributed by atoms with Crippen molar-refractivity contribution in [2.24, 2.45) is 4.99 Å². The lowest BCUT2D eigenvalue weighted by Crippen LogP contribution is -2.31. The number of ether oxygens (including phenoxy) is 2. The molecule has 1 heterocycles. The van der Waals surface area contributed by atoms with E-state index < -0.39 is 17.8 Å². The van der Waals surface area contributed by atoms with Crippen LogP contribution in [-0.4, -0.2) is 40.1 Å². The lowest BCUT2D eigenvalue weighted by Gasteiger charge is -2.17. The fourth-order valence-corrected chi connectivity index (χ4v) is 1.35. The quantitative estimate of drug-likeness (QED) is 0.526. The average Bonchev–Trinajstić information content (AvgIpc) is 2.89. The minimum absolute atomic E-state index is 0.270. The number of aromatic nitrogens is 2. The number of hydrogen-bond donors (Lipinski definition) is 1. The minimum Gasteiger partial charge on any atom is -0.442 e. The summed E-state index contributed by atoms with van der Waals surface area (Å²) < 4.78 is 11.3. The number of amides is 2. The zero-order valence-electron chi connectivity index (χ0n) is 13.3. The predicted molar refractivity (Wildman–Crippen MR) is 80.7 cm³/mol. The topological polar surface area (TPSA) is 94.8 Å². The first-order chi connectivity index (χ1) is 10.3. The van der Waals surface area contributed by atoms with Crippen molar-refractivity contribution in [1.29, 1.82) is 0 Å². The zero-order chi connectivity index (χ0) is 16.6. The van der Waals surface area contributed by atoms with Crippen molar-refractivity contribution in [3.63, 3.8) is 0 Å². The number of alkyl carbamates (subject to hydrolysis) is 1. The number of carbonyl (C=O) groups excluding carboxylic acids is 2. The van der Waals surface area contributed by atoms with Gasteiger partial charge in [-0.15, -0.1) is 4.99 Å². The Balaban J connectivity index is 2.77. The molecule has 0 radical (unpaired) electrons. The maximum Gasteiger partial charge on any atom is 0.438 e. The van der Waals surface area contributed by atoms with E-state index in [9.17, 15) is 9.59 Å². The van der Waals surface area contributed by atoms with E-state index in [1.54, 1.807) is 26.8 Å². The van der Waals surface area contributed by atoms with E-state index >= 15 is 0 Å². The summed E-state index contributed by atoms with van der Waals surface area (Å²) in [6, 6.07) is 1.34. The number of aliphatic imine (C=N–C) groups is 1. The number of unbranched alkanes of at least 4 members (excludes halogenated alkanes) is 1. The third kappa shape index (κ3) is 6.87. The van der Waals surface area contributed by atoms with Crippen molar-refractivity contribution in [3.8, 4) is 0 Å². The van der Waals surface area contributed by atoms with Crippen molar-refractivity contribution >= 4 is 18.2 Å². The van der Waals surface area contributed by atoms with Gasteiger partial charge in [-0.1, -0.05) is 13.3 Å². The smallest absolute Gasteiger partial charge is 0.438 e. The molecule has 0 aromatic carbocycles. The van der Waals surface area contributed by atoms with Crippen LogP contribution < -0.4 is 5.32 Å². The molecule has 8 heteroatoms.